The molecule has 3 heterocycles. The number of carbonyl (C=O) groups is 1. The lowest BCUT2D eigenvalue weighted by Gasteiger charge is -2.21. The van der Waals surface area contributed by atoms with Crippen LogP contribution in [0.3, 0.4) is 0 Å². The summed E-state index contributed by atoms with van der Waals surface area (Å²) >= 11 is 0. The Balaban J connectivity index is 1.82. The van der Waals surface area contributed by atoms with Crippen LogP contribution in [0.25, 0.3) is 0 Å². The molecular weight excluding hydrogens is 302 g/mol. The van der Waals surface area contributed by atoms with Crippen LogP contribution in [0.2, 0.25) is 0 Å². The summed E-state index contributed by atoms with van der Waals surface area (Å²) < 4.78 is 1.83. The Morgan fingerprint density at radius 1 is 1.29 bits per heavy atom. The number of nitrogens with zero attached hydrogens (tertiary/aromatic N) is 4. The number of nitrogens with one attached hydrogen (secondary N) is 1. The molecule has 1 fully saturated rings. The number of pyridine rings is 1. The van der Waals surface area contributed by atoms with Gasteiger partial charge >= 0.3 is 0 Å². The summed E-state index contributed by atoms with van der Waals surface area (Å²) in [6.07, 6.45) is 4.13. The van der Waals surface area contributed by atoms with Crippen LogP contribution in [0.5, 0.6) is 0 Å². The fourth-order valence-corrected chi connectivity index (χ4v) is 3.46. The SMILES string of the molecule is Cc1nn(C)c(C)c1C(C)C(=O)Nc1cccnc1N1CCCC1. The van der Waals surface area contributed by atoms with Crippen LogP contribution in [0, 0.1) is 13.8 Å². The molecule has 2 aromatic rings. The standard InChI is InChI=1S/C18H25N5O/c1-12(16-13(2)21-22(4)14(16)3)18(24)20-15-8-7-9-19-17(15)23-10-5-6-11-23/h7-9,12H,5-6,10-11H2,1-4H3,(H,20,24). The van der Waals surface area contributed by atoms with Gasteiger partial charge in [-0.25, -0.2) is 4.98 Å². The molecule has 1 N–H and O–H groups in total. The highest BCUT2D eigenvalue weighted by atomic mass is 16.1. The van der Waals surface area contributed by atoms with Crippen molar-refractivity contribution in [3.63, 3.8) is 0 Å². The van der Waals surface area contributed by atoms with Gasteiger partial charge in [0.05, 0.1) is 17.3 Å². The molecule has 1 unspecified atom stereocenters. The van der Waals surface area contributed by atoms with Crippen molar-refractivity contribution in [3.8, 4) is 0 Å². The summed E-state index contributed by atoms with van der Waals surface area (Å²) in [7, 11) is 1.91. The summed E-state index contributed by atoms with van der Waals surface area (Å²) in [6.45, 7) is 7.87. The lowest BCUT2D eigenvalue weighted by molar-refractivity contribution is -0.117. The molecule has 3 rings (SSSR count). The summed E-state index contributed by atoms with van der Waals surface area (Å²) in [5.41, 5.74) is 3.72. The van der Waals surface area contributed by atoms with Crippen LogP contribution >= 0.6 is 0 Å². The molecule has 1 aliphatic heterocycles. The van der Waals surface area contributed by atoms with Gasteiger partial charge < -0.3 is 10.2 Å². The van der Waals surface area contributed by atoms with Gasteiger partial charge in [-0.05, 0) is 45.7 Å². The van der Waals surface area contributed by atoms with E-state index in [0.29, 0.717) is 0 Å². The minimum Gasteiger partial charge on any atom is -0.355 e. The first-order chi connectivity index (χ1) is 11.5. The smallest absolute Gasteiger partial charge is 0.231 e. The predicted octanol–water partition coefficient (Wildman–Crippen LogP) is 2.77. The molecule has 0 saturated carbocycles. The van der Waals surface area contributed by atoms with Gasteiger partial charge in [-0.2, -0.15) is 5.10 Å². The zero-order valence-corrected chi connectivity index (χ0v) is 14.8. The Morgan fingerprint density at radius 2 is 2.00 bits per heavy atom. The Hall–Kier alpha value is -2.37. The van der Waals surface area contributed by atoms with E-state index in [2.05, 4.69) is 20.3 Å². The van der Waals surface area contributed by atoms with Crippen LogP contribution in [0.1, 0.15) is 42.6 Å². The number of hydrogen-bond acceptors (Lipinski definition) is 4. The molecule has 6 nitrogen and oxygen atoms in total. The maximum absolute atomic E-state index is 12.8. The first-order valence-electron chi connectivity index (χ1n) is 8.50. The van der Waals surface area contributed by atoms with Crippen LogP contribution < -0.4 is 10.2 Å². The minimum atomic E-state index is -0.259. The van der Waals surface area contributed by atoms with E-state index in [1.54, 1.807) is 6.20 Å². The molecule has 24 heavy (non-hydrogen) atoms. The summed E-state index contributed by atoms with van der Waals surface area (Å²) in [5.74, 6) is 0.586. The zero-order valence-electron chi connectivity index (χ0n) is 14.8. The zero-order chi connectivity index (χ0) is 17.3. The van der Waals surface area contributed by atoms with Crippen molar-refractivity contribution >= 4 is 17.4 Å². The van der Waals surface area contributed by atoms with E-state index in [1.807, 2.05) is 44.6 Å². The van der Waals surface area contributed by atoms with Gasteiger partial charge in [0, 0.05) is 37.6 Å². The molecule has 128 valence electrons. The third-order valence-electron chi connectivity index (χ3n) is 4.84. The third-order valence-corrected chi connectivity index (χ3v) is 4.84. The highest BCUT2D eigenvalue weighted by Gasteiger charge is 2.24. The molecule has 0 spiro atoms. The molecular formula is C18H25N5O. The van der Waals surface area contributed by atoms with Crippen molar-refractivity contribution in [1.82, 2.24) is 14.8 Å². The van der Waals surface area contributed by atoms with Crippen molar-refractivity contribution in [2.75, 3.05) is 23.3 Å². The van der Waals surface area contributed by atoms with Gasteiger partial charge in [0.25, 0.3) is 0 Å². The van der Waals surface area contributed by atoms with Crippen LogP contribution in [0.15, 0.2) is 18.3 Å². The molecule has 0 radical (unpaired) electrons. The van der Waals surface area contributed by atoms with Gasteiger partial charge in [-0.3, -0.25) is 9.48 Å². The van der Waals surface area contributed by atoms with E-state index < -0.39 is 0 Å². The van der Waals surface area contributed by atoms with Crippen LogP contribution in [-0.2, 0) is 11.8 Å². The quantitative estimate of drug-likeness (QED) is 0.938. The van der Waals surface area contributed by atoms with Gasteiger partial charge in [0.2, 0.25) is 5.91 Å². The lowest BCUT2D eigenvalue weighted by atomic mass is 9.98. The number of aryl methyl sites for hydroxylation is 2. The highest BCUT2D eigenvalue weighted by Crippen LogP contribution is 2.29. The van der Waals surface area contributed by atoms with Gasteiger partial charge in [-0.1, -0.05) is 0 Å². The Morgan fingerprint density at radius 3 is 2.62 bits per heavy atom. The van der Waals surface area contributed by atoms with Crippen molar-refractivity contribution in [1.29, 1.82) is 0 Å². The summed E-state index contributed by atoms with van der Waals surface area (Å²) in [4.78, 5) is 19.5. The van der Waals surface area contributed by atoms with E-state index in [9.17, 15) is 4.79 Å². The molecule has 6 heteroatoms. The van der Waals surface area contributed by atoms with Crippen LogP contribution in [0.4, 0.5) is 11.5 Å². The van der Waals surface area contributed by atoms with Crippen molar-refractivity contribution < 1.29 is 4.79 Å². The second kappa shape index (κ2) is 6.63. The number of anilines is 2. The van der Waals surface area contributed by atoms with E-state index in [1.165, 1.54) is 12.8 Å². The topological polar surface area (TPSA) is 63.1 Å². The van der Waals surface area contributed by atoms with E-state index in [4.69, 9.17) is 0 Å². The Kier molecular flexibility index (Phi) is 4.55. The molecule has 1 saturated heterocycles. The number of amides is 1. The lowest BCUT2D eigenvalue weighted by Crippen LogP contribution is -2.24. The first-order valence-corrected chi connectivity index (χ1v) is 8.50. The second-order valence-electron chi connectivity index (χ2n) is 6.49. The molecule has 1 aliphatic rings. The predicted molar refractivity (Wildman–Crippen MR) is 95.4 cm³/mol. The Labute approximate surface area is 142 Å². The molecule has 0 bridgehead atoms. The van der Waals surface area contributed by atoms with E-state index >= 15 is 0 Å². The summed E-state index contributed by atoms with van der Waals surface area (Å²) in [5, 5.41) is 7.49. The molecule has 1 atom stereocenters. The van der Waals surface area contributed by atoms with Crippen molar-refractivity contribution in [2.45, 2.75) is 39.5 Å². The van der Waals surface area contributed by atoms with E-state index in [-0.39, 0.29) is 11.8 Å². The average molecular weight is 327 g/mol. The average Bonchev–Trinajstić information content (AvgIpc) is 3.17. The van der Waals surface area contributed by atoms with Gasteiger partial charge in [-0.15, -0.1) is 0 Å². The minimum absolute atomic E-state index is 0.0253. The number of carbonyl (C=O) groups excluding carboxylic acids is 1. The molecule has 0 aromatic carbocycles. The molecule has 1 amide bonds. The fraction of sp³-hybridized carbons (Fsp3) is 0.500. The van der Waals surface area contributed by atoms with Gasteiger partial charge in [0.1, 0.15) is 0 Å². The van der Waals surface area contributed by atoms with Crippen LogP contribution in [-0.4, -0.2) is 33.8 Å². The number of hydrogen-bond donors (Lipinski definition) is 1. The van der Waals surface area contributed by atoms with Crippen molar-refractivity contribution in [3.05, 3.63) is 35.3 Å². The molecule has 0 aliphatic carbocycles. The maximum atomic E-state index is 12.8. The second-order valence-corrected chi connectivity index (χ2v) is 6.49. The normalized spacial score (nSPS) is 15.6. The fourth-order valence-electron chi connectivity index (χ4n) is 3.46. The largest absolute Gasteiger partial charge is 0.355 e. The maximum Gasteiger partial charge on any atom is 0.231 e. The third kappa shape index (κ3) is 3.00. The highest BCUT2D eigenvalue weighted by molar-refractivity contribution is 5.98. The van der Waals surface area contributed by atoms with Gasteiger partial charge in [0.15, 0.2) is 5.82 Å². The number of rotatable bonds is 4. The monoisotopic (exact) mass is 327 g/mol. The molecule has 2 aromatic heterocycles. The van der Waals surface area contributed by atoms with Crippen molar-refractivity contribution in [2.24, 2.45) is 7.05 Å². The Bertz CT molecular complexity index is 746. The summed E-state index contributed by atoms with van der Waals surface area (Å²) in [6, 6.07) is 3.79. The first kappa shape index (κ1) is 16.5. The van der Waals surface area contributed by atoms with E-state index in [0.717, 1.165) is 41.5 Å². The number of aromatic nitrogens is 3.